The van der Waals surface area contributed by atoms with Crippen LogP contribution in [0.5, 0.6) is 0 Å². The van der Waals surface area contributed by atoms with Crippen LogP contribution >= 0.6 is 0 Å². The number of pyridine rings is 1. The molecule has 0 saturated carbocycles. The molecule has 0 saturated heterocycles. The standard InChI is InChI=1S/C65H42N6/c1-2-18-41(19-3-1)67-56-32-14-8-26-50(56)62-58(67)38-36-48-46-24-6-10-28-52(46)69(64(48)62)43-21-16-20-42(40-43)68-57-33-15-9-27-51(57)63-59(68)39-37-49-47-25-7-13-31-55(47)71(65(49)63)61-35-17-34-60(66-61)70-53-29-11-4-22-44(53)45-23-5-12-30-54(45)70/h1-9,11-27,29-40H,10,28H2. The first kappa shape index (κ1) is 38.6. The Labute approximate surface area is 407 Å². The van der Waals surface area contributed by atoms with Gasteiger partial charge in [-0.25, -0.2) is 4.98 Å². The van der Waals surface area contributed by atoms with Crippen molar-refractivity contribution < 1.29 is 0 Å². The van der Waals surface area contributed by atoms with Crippen LogP contribution in [-0.4, -0.2) is 27.8 Å². The maximum atomic E-state index is 5.58. The molecule has 332 valence electrons. The van der Waals surface area contributed by atoms with E-state index in [0.29, 0.717) is 0 Å². The van der Waals surface area contributed by atoms with Gasteiger partial charge in [-0.3, -0.25) is 9.13 Å². The van der Waals surface area contributed by atoms with E-state index in [1.54, 1.807) is 0 Å². The molecule has 0 unspecified atom stereocenters. The fourth-order valence-corrected chi connectivity index (χ4v) is 12.5. The molecular formula is C65H42N6. The first-order chi connectivity index (χ1) is 35.3. The van der Waals surface area contributed by atoms with Crippen molar-refractivity contribution in [3.05, 3.63) is 236 Å². The van der Waals surface area contributed by atoms with E-state index < -0.39 is 0 Å². The van der Waals surface area contributed by atoms with E-state index in [2.05, 4.69) is 253 Å². The second kappa shape index (κ2) is 14.6. The van der Waals surface area contributed by atoms with Crippen molar-refractivity contribution in [3.8, 4) is 28.7 Å². The average molecular weight is 907 g/mol. The van der Waals surface area contributed by atoms with Crippen molar-refractivity contribution in [2.24, 2.45) is 0 Å². The molecule has 6 heterocycles. The molecule has 6 aromatic heterocycles. The SMILES string of the molecule is C1=Cc2c(n(-c3cccc(-n4c5ccccc5c5c4ccc4c6ccccc6n(-c6cccc(-n7c8ccccc8c8ccccc87)n6)c45)c3)c3c2ccc2c3c3ccccc3n2-c2ccccc2)CC1. The van der Waals surface area contributed by atoms with E-state index >= 15 is 0 Å². The quantitative estimate of drug-likeness (QED) is 0.170. The number of rotatable bonds is 5. The van der Waals surface area contributed by atoms with Gasteiger partial charge in [-0.1, -0.05) is 146 Å². The summed E-state index contributed by atoms with van der Waals surface area (Å²) < 4.78 is 12.2. The molecule has 0 radical (unpaired) electrons. The largest absolute Gasteiger partial charge is 0.312 e. The number of allylic oxidation sites excluding steroid dienone is 1. The van der Waals surface area contributed by atoms with Crippen molar-refractivity contribution in [3.63, 3.8) is 0 Å². The summed E-state index contributed by atoms with van der Waals surface area (Å²) >= 11 is 0. The molecule has 71 heavy (non-hydrogen) atoms. The molecule has 15 aromatic rings. The third kappa shape index (κ3) is 5.28. The zero-order valence-electron chi connectivity index (χ0n) is 38.5. The highest BCUT2D eigenvalue weighted by atomic mass is 15.1. The average Bonchev–Trinajstić information content (AvgIpc) is 4.23. The van der Waals surface area contributed by atoms with Gasteiger partial charge in [0.25, 0.3) is 0 Å². The van der Waals surface area contributed by atoms with Crippen molar-refractivity contribution in [2.45, 2.75) is 12.8 Å². The summed E-state index contributed by atoms with van der Waals surface area (Å²) in [5.74, 6) is 1.76. The van der Waals surface area contributed by atoms with E-state index in [-0.39, 0.29) is 0 Å². The van der Waals surface area contributed by atoms with Crippen LogP contribution in [0.1, 0.15) is 17.7 Å². The van der Waals surface area contributed by atoms with Crippen LogP contribution in [-0.2, 0) is 6.42 Å². The third-order valence-electron chi connectivity index (χ3n) is 15.3. The second-order valence-electron chi connectivity index (χ2n) is 19.0. The smallest absolute Gasteiger partial charge is 0.140 e. The number of hydrogen-bond acceptors (Lipinski definition) is 1. The van der Waals surface area contributed by atoms with Crippen molar-refractivity contribution in [1.29, 1.82) is 0 Å². The normalized spacial score (nSPS) is 12.9. The molecular weight excluding hydrogens is 865 g/mol. The molecule has 0 spiro atoms. The lowest BCUT2D eigenvalue weighted by atomic mass is 10.0. The van der Waals surface area contributed by atoms with E-state index in [1.165, 1.54) is 76.3 Å². The zero-order chi connectivity index (χ0) is 46.3. The van der Waals surface area contributed by atoms with Gasteiger partial charge in [-0.15, -0.1) is 0 Å². The van der Waals surface area contributed by atoms with Crippen LogP contribution in [0.25, 0.3) is 133 Å². The summed E-state index contributed by atoms with van der Waals surface area (Å²) in [5.41, 5.74) is 16.6. The van der Waals surface area contributed by atoms with Crippen LogP contribution in [0.15, 0.2) is 224 Å². The number of fused-ring (bicyclic) bond motifs is 17. The lowest BCUT2D eigenvalue weighted by molar-refractivity contribution is 0.889. The van der Waals surface area contributed by atoms with Crippen LogP contribution < -0.4 is 0 Å². The molecule has 1 aliphatic carbocycles. The molecule has 0 fully saturated rings. The number of nitrogens with zero attached hydrogens (tertiary/aromatic N) is 6. The predicted octanol–water partition coefficient (Wildman–Crippen LogP) is 16.4. The highest BCUT2D eigenvalue weighted by molar-refractivity contribution is 6.26. The monoisotopic (exact) mass is 906 g/mol. The number of benzene rings is 9. The van der Waals surface area contributed by atoms with Gasteiger partial charge in [-0.05, 0) is 97.8 Å². The van der Waals surface area contributed by atoms with Gasteiger partial charge in [-0.2, -0.15) is 0 Å². The van der Waals surface area contributed by atoms with Gasteiger partial charge in [0.2, 0.25) is 0 Å². The molecule has 6 nitrogen and oxygen atoms in total. The first-order valence-electron chi connectivity index (χ1n) is 24.6. The van der Waals surface area contributed by atoms with E-state index in [1.807, 2.05) is 0 Å². The number of aromatic nitrogens is 6. The summed E-state index contributed by atoms with van der Waals surface area (Å²) in [5, 5.41) is 11.1. The van der Waals surface area contributed by atoms with Crippen LogP contribution in [0.3, 0.4) is 0 Å². The molecule has 9 aromatic carbocycles. The van der Waals surface area contributed by atoms with Crippen molar-refractivity contribution in [1.82, 2.24) is 27.8 Å². The third-order valence-corrected chi connectivity index (χ3v) is 15.3. The molecule has 16 rings (SSSR count). The summed E-state index contributed by atoms with van der Waals surface area (Å²) in [6.07, 6.45) is 6.67. The second-order valence-corrected chi connectivity index (χ2v) is 19.0. The van der Waals surface area contributed by atoms with E-state index in [0.717, 1.165) is 74.6 Å². The number of para-hydroxylation sites is 6. The Morgan fingerprint density at radius 1 is 0.310 bits per heavy atom. The van der Waals surface area contributed by atoms with E-state index in [9.17, 15) is 0 Å². The summed E-state index contributed by atoms with van der Waals surface area (Å²) in [7, 11) is 0. The summed E-state index contributed by atoms with van der Waals surface area (Å²) in [6.45, 7) is 0. The Morgan fingerprint density at radius 2 is 0.761 bits per heavy atom. The van der Waals surface area contributed by atoms with Gasteiger partial charge in [0.15, 0.2) is 0 Å². The minimum absolute atomic E-state index is 0.875. The van der Waals surface area contributed by atoms with Crippen molar-refractivity contribution in [2.75, 3.05) is 0 Å². The Hall–Kier alpha value is -9.39. The fraction of sp³-hybridized carbons (Fsp3) is 0.0308. The molecule has 1 aliphatic rings. The first-order valence-corrected chi connectivity index (χ1v) is 24.6. The maximum absolute atomic E-state index is 5.58. The summed E-state index contributed by atoms with van der Waals surface area (Å²) in [4.78, 5) is 5.58. The van der Waals surface area contributed by atoms with E-state index in [4.69, 9.17) is 4.98 Å². The van der Waals surface area contributed by atoms with Crippen LogP contribution in [0, 0.1) is 0 Å². The Morgan fingerprint density at radius 3 is 1.39 bits per heavy atom. The molecule has 6 heteroatoms. The topological polar surface area (TPSA) is 37.5 Å². The maximum Gasteiger partial charge on any atom is 0.140 e. The Balaban J connectivity index is 0.952. The van der Waals surface area contributed by atoms with Gasteiger partial charge in [0.1, 0.15) is 11.6 Å². The lowest BCUT2D eigenvalue weighted by Gasteiger charge is -2.16. The molecule has 0 amide bonds. The van der Waals surface area contributed by atoms with Crippen LogP contribution in [0.4, 0.5) is 0 Å². The molecule has 0 N–H and O–H groups in total. The Bertz CT molecular complexity index is 4710. The minimum atomic E-state index is 0.875. The van der Waals surface area contributed by atoms with Gasteiger partial charge in [0, 0.05) is 76.8 Å². The molecule has 0 aliphatic heterocycles. The van der Waals surface area contributed by atoms with Crippen molar-refractivity contribution >= 4 is 104 Å². The van der Waals surface area contributed by atoms with Gasteiger partial charge >= 0.3 is 0 Å². The van der Waals surface area contributed by atoms with Gasteiger partial charge < -0.3 is 13.7 Å². The zero-order valence-corrected chi connectivity index (χ0v) is 38.5. The fourth-order valence-electron chi connectivity index (χ4n) is 12.5. The Kier molecular flexibility index (Phi) is 7.91. The predicted molar refractivity (Wildman–Crippen MR) is 296 cm³/mol. The lowest BCUT2D eigenvalue weighted by Crippen LogP contribution is -2.04. The minimum Gasteiger partial charge on any atom is -0.312 e. The molecule has 0 bridgehead atoms. The number of hydrogen-bond donors (Lipinski definition) is 0. The van der Waals surface area contributed by atoms with Crippen LogP contribution in [0.2, 0.25) is 0 Å². The highest BCUT2D eigenvalue weighted by Gasteiger charge is 2.26. The van der Waals surface area contributed by atoms with Gasteiger partial charge in [0.05, 0.1) is 49.7 Å². The summed E-state index contributed by atoms with van der Waals surface area (Å²) in [6, 6.07) is 79.8. The highest BCUT2D eigenvalue weighted by Crippen LogP contribution is 2.45. The molecule has 0 atom stereocenters.